The minimum absolute atomic E-state index is 0.221. The molecule has 0 spiro atoms. The maximum absolute atomic E-state index is 5.55. The van der Waals surface area contributed by atoms with E-state index in [1.165, 1.54) is 0 Å². The van der Waals surface area contributed by atoms with Crippen LogP contribution in [0.4, 0.5) is 0 Å². The summed E-state index contributed by atoms with van der Waals surface area (Å²) < 4.78 is 10.9. The highest BCUT2D eigenvalue weighted by atomic mass is 16.5. The number of nitrogens with zero attached hydrogens (tertiary/aromatic N) is 2. The summed E-state index contributed by atoms with van der Waals surface area (Å²) in [5, 5.41) is 7.40. The second kappa shape index (κ2) is 6.15. The van der Waals surface area contributed by atoms with Gasteiger partial charge in [-0.3, -0.25) is 5.10 Å². The second-order valence-corrected chi connectivity index (χ2v) is 4.99. The standard InChI is InChI=1S/C15H19N3O2/c1-19-13(11-5-3-2-4-6-11)15-16-14(17-18-15)12-7-9-20-10-8-12/h2-6,12-13H,7-10H2,1H3,(H,16,17,18)/t13-/m0/s1. The van der Waals surface area contributed by atoms with Gasteiger partial charge in [0.1, 0.15) is 11.9 Å². The van der Waals surface area contributed by atoms with E-state index < -0.39 is 0 Å². The van der Waals surface area contributed by atoms with Crippen LogP contribution in [0.3, 0.4) is 0 Å². The molecule has 0 aliphatic carbocycles. The first-order chi connectivity index (χ1) is 9.88. The van der Waals surface area contributed by atoms with E-state index in [1.54, 1.807) is 7.11 Å². The monoisotopic (exact) mass is 273 g/mol. The van der Waals surface area contributed by atoms with Crippen LogP contribution in [0, 0.1) is 0 Å². The predicted molar refractivity (Wildman–Crippen MR) is 74.5 cm³/mol. The molecule has 1 saturated heterocycles. The molecule has 0 radical (unpaired) electrons. The zero-order valence-corrected chi connectivity index (χ0v) is 11.6. The lowest BCUT2D eigenvalue weighted by atomic mass is 10.00. The van der Waals surface area contributed by atoms with Crippen LogP contribution in [0.25, 0.3) is 0 Å². The minimum atomic E-state index is -0.221. The number of aromatic nitrogens is 3. The number of hydrogen-bond acceptors (Lipinski definition) is 4. The number of H-pyrrole nitrogens is 1. The third-order valence-corrected chi connectivity index (χ3v) is 3.70. The van der Waals surface area contributed by atoms with Crippen LogP contribution in [0.15, 0.2) is 30.3 Å². The highest BCUT2D eigenvalue weighted by Gasteiger charge is 2.23. The van der Waals surface area contributed by atoms with E-state index >= 15 is 0 Å². The molecule has 20 heavy (non-hydrogen) atoms. The Morgan fingerprint density at radius 2 is 2.00 bits per heavy atom. The maximum Gasteiger partial charge on any atom is 0.184 e. The quantitative estimate of drug-likeness (QED) is 0.929. The molecule has 1 aromatic heterocycles. The molecule has 0 bridgehead atoms. The number of benzene rings is 1. The van der Waals surface area contributed by atoms with Gasteiger partial charge in [0.05, 0.1) is 0 Å². The van der Waals surface area contributed by atoms with Crippen molar-refractivity contribution >= 4 is 0 Å². The molecule has 1 aliphatic rings. The summed E-state index contributed by atoms with van der Waals surface area (Å²) >= 11 is 0. The zero-order chi connectivity index (χ0) is 13.8. The first kappa shape index (κ1) is 13.3. The Hall–Kier alpha value is -1.72. The van der Waals surface area contributed by atoms with Crippen molar-refractivity contribution in [3.8, 4) is 0 Å². The summed E-state index contributed by atoms with van der Waals surface area (Å²) in [7, 11) is 1.68. The van der Waals surface area contributed by atoms with Gasteiger partial charge in [0.25, 0.3) is 0 Å². The molecule has 1 aromatic carbocycles. The zero-order valence-electron chi connectivity index (χ0n) is 11.6. The van der Waals surface area contributed by atoms with E-state index in [9.17, 15) is 0 Å². The Kier molecular flexibility index (Phi) is 4.08. The lowest BCUT2D eigenvalue weighted by Crippen LogP contribution is -2.15. The fourth-order valence-electron chi connectivity index (χ4n) is 2.58. The molecular formula is C15H19N3O2. The molecule has 3 rings (SSSR count). The van der Waals surface area contributed by atoms with Gasteiger partial charge >= 0.3 is 0 Å². The van der Waals surface area contributed by atoms with Crippen molar-refractivity contribution < 1.29 is 9.47 Å². The highest BCUT2D eigenvalue weighted by molar-refractivity contribution is 5.23. The number of ether oxygens (including phenoxy) is 2. The topological polar surface area (TPSA) is 60.0 Å². The number of nitrogens with one attached hydrogen (secondary N) is 1. The highest BCUT2D eigenvalue weighted by Crippen LogP contribution is 2.27. The van der Waals surface area contributed by atoms with Gasteiger partial charge < -0.3 is 9.47 Å². The summed E-state index contributed by atoms with van der Waals surface area (Å²) in [6.07, 6.45) is 1.77. The van der Waals surface area contributed by atoms with Gasteiger partial charge in [0.2, 0.25) is 0 Å². The van der Waals surface area contributed by atoms with Crippen LogP contribution in [0.1, 0.15) is 42.1 Å². The number of methoxy groups -OCH3 is 1. The smallest absolute Gasteiger partial charge is 0.184 e. The van der Waals surface area contributed by atoms with E-state index in [-0.39, 0.29) is 6.10 Å². The Morgan fingerprint density at radius 3 is 2.70 bits per heavy atom. The van der Waals surface area contributed by atoms with Crippen molar-refractivity contribution in [3.05, 3.63) is 47.5 Å². The number of rotatable bonds is 4. The fraction of sp³-hybridized carbons (Fsp3) is 0.467. The van der Waals surface area contributed by atoms with E-state index in [2.05, 4.69) is 15.2 Å². The van der Waals surface area contributed by atoms with Gasteiger partial charge in [-0.1, -0.05) is 30.3 Å². The van der Waals surface area contributed by atoms with Gasteiger partial charge in [-0.2, -0.15) is 5.10 Å². The summed E-state index contributed by atoms with van der Waals surface area (Å²) in [6.45, 7) is 1.60. The van der Waals surface area contributed by atoms with Crippen LogP contribution in [-0.2, 0) is 9.47 Å². The lowest BCUT2D eigenvalue weighted by molar-refractivity contribution is 0.0835. The van der Waals surface area contributed by atoms with Crippen LogP contribution in [0.5, 0.6) is 0 Å². The molecule has 5 heteroatoms. The first-order valence-corrected chi connectivity index (χ1v) is 6.96. The van der Waals surface area contributed by atoms with Gasteiger partial charge in [-0.15, -0.1) is 0 Å². The predicted octanol–water partition coefficient (Wildman–Crippen LogP) is 2.43. The van der Waals surface area contributed by atoms with Crippen molar-refractivity contribution in [2.45, 2.75) is 24.9 Å². The van der Waals surface area contributed by atoms with Crippen molar-refractivity contribution in [3.63, 3.8) is 0 Å². The third kappa shape index (κ3) is 2.73. The SMILES string of the molecule is CO[C@@H](c1ccccc1)c1n[nH]c(C2CCOCC2)n1. The molecule has 1 N–H and O–H groups in total. The molecule has 2 aromatic rings. The summed E-state index contributed by atoms with van der Waals surface area (Å²) in [5.74, 6) is 2.06. The first-order valence-electron chi connectivity index (χ1n) is 6.96. The maximum atomic E-state index is 5.55. The van der Waals surface area contributed by atoms with Crippen molar-refractivity contribution in [1.29, 1.82) is 0 Å². The third-order valence-electron chi connectivity index (χ3n) is 3.70. The Labute approximate surface area is 118 Å². The molecule has 1 aliphatic heterocycles. The van der Waals surface area contributed by atoms with E-state index in [0.29, 0.717) is 11.7 Å². The Morgan fingerprint density at radius 1 is 1.25 bits per heavy atom. The second-order valence-electron chi connectivity index (χ2n) is 4.99. The minimum Gasteiger partial charge on any atom is -0.381 e. The fourth-order valence-corrected chi connectivity index (χ4v) is 2.58. The van der Waals surface area contributed by atoms with Crippen LogP contribution >= 0.6 is 0 Å². The molecule has 0 amide bonds. The van der Waals surface area contributed by atoms with Gasteiger partial charge in [-0.25, -0.2) is 4.98 Å². The number of aromatic amines is 1. The molecule has 106 valence electrons. The molecular weight excluding hydrogens is 254 g/mol. The molecule has 0 unspecified atom stereocenters. The van der Waals surface area contributed by atoms with Gasteiger partial charge in [0.15, 0.2) is 5.82 Å². The van der Waals surface area contributed by atoms with Crippen LogP contribution in [0.2, 0.25) is 0 Å². The van der Waals surface area contributed by atoms with Gasteiger partial charge in [-0.05, 0) is 18.4 Å². The average molecular weight is 273 g/mol. The van der Waals surface area contributed by atoms with Crippen molar-refractivity contribution in [2.75, 3.05) is 20.3 Å². The van der Waals surface area contributed by atoms with Crippen molar-refractivity contribution in [1.82, 2.24) is 15.2 Å². The summed E-state index contributed by atoms with van der Waals surface area (Å²) in [4.78, 5) is 4.63. The normalized spacial score (nSPS) is 18.1. The molecule has 2 heterocycles. The number of hydrogen-bond donors (Lipinski definition) is 1. The lowest BCUT2D eigenvalue weighted by Gasteiger charge is -2.19. The largest absolute Gasteiger partial charge is 0.381 e. The Bertz CT molecular complexity index is 535. The molecule has 1 fully saturated rings. The molecule has 5 nitrogen and oxygen atoms in total. The van der Waals surface area contributed by atoms with Crippen LogP contribution < -0.4 is 0 Å². The Balaban J connectivity index is 1.81. The van der Waals surface area contributed by atoms with Crippen LogP contribution in [-0.4, -0.2) is 35.5 Å². The average Bonchev–Trinajstić information content (AvgIpc) is 3.00. The van der Waals surface area contributed by atoms with E-state index in [4.69, 9.17) is 9.47 Å². The van der Waals surface area contributed by atoms with Crippen molar-refractivity contribution in [2.24, 2.45) is 0 Å². The molecule has 1 atom stereocenters. The molecule has 0 saturated carbocycles. The summed E-state index contributed by atoms with van der Waals surface area (Å²) in [6, 6.07) is 10.0. The summed E-state index contributed by atoms with van der Waals surface area (Å²) in [5.41, 5.74) is 1.06. The van der Waals surface area contributed by atoms with E-state index in [0.717, 1.165) is 37.4 Å². The van der Waals surface area contributed by atoms with Gasteiger partial charge in [0, 0.05) is 26.2 Å². The van der Waals surface area contributed by atoms with E-state index in [1.807, 2.05) is 30.3 Å².